The molecular weight excluding hydrogens is 396 g/mol. The Morgan fingerprint density at radius 2 is 1.65 bits per heavy atom. The van der Waals surface area contributed by atoms with Gasteiger partial charge in [0.1, 0.15) is 12.9 Å². The van der Waals surface area contributed by atoms with Crippen molar-refractivity contribution < 1.29 is 4.79 Å². The zero-order valence-electron chi connectivity index (χ0n) is 16.6. The van der Waals surface area contributed by atoms with Gasteiger partial charge >= 0.3 is 5.69 Å². The van der Waals surface area contributed by atoms with Gasteiger partial charge in [-0.2, -0.15) is 0 Å². The molecule has 9 heteroatoms. The molecule has 0 saturated carbocycles. The van der Waals surface area contributed by atoms with Crippen molar-refractivity contribution in [3.63, 3.8) is 0 Å². The second kappa shape index (κ2) is 9.04. The number of carbonyl (C=O) groups is 1. The number of hydrogen-bond acceptors (Lipinski definition) is 5. The zero-order chi connectivity index (χ0) is 21.6. The highest BCUT2D eigenvalue weighted by atomic mass is 16.2. The number of aromatic nitrogens is 5. The number of hydrogen-bond donors (Lipinski definition) is 1. The number of nitrogens with zero attached hydrogens (tertiary/aromatic N) is 5. The van der Waals surface area contributed by atoms with E-state index < -0.39 is 17.2 Å². The van der Waals surface area contributed by atoms with Crippen LogP contribution in [0.4, 0.5) is 0 Å². The van der Waals surface area contributed by atoms with E-state index in [0.29, 0.717) is 12.4 Å². The minimum atomic E-state index is -0.543. The van der Waals surface area contributed by atoms with E-state index in [0.717, 1.165) is 15.8 Å². The summed E-state index contributed by atoms with van der Waals surface area (Å²) < 4.78 is 4.07. The van der Waals surface area contributed by atoms with Crippen molar-refractivity contribution in [1.29, 1.82) is 0 Å². The molecule has 9 nitrogen and oxygen atoms in total. The lowest BCUT2D eigenvalue weighted by Crippen LogP contribution is -2.43. The molecule has 0 aliphatic carbocycles. The van der Waals surface area contributed by atoms with Gasteiger partial charge in [-0.1, -0.05) is 48.5 Å². The van der Waals surface area contributed by atoms with Crippen molar-refractivity contribution in [2.45, 2.75) is 19.6 Å². The number of nitrogens with one attached hydrogen (secondary N) is 1. The van der Waals surface area contributed by atoms with E-state index in [-0.39, 0.29) is 13.1 Å². The smallest absolute Gasteiger partial charge is 0.331 e. The average molecular weight is 416 g/mol. The third kappa shape index (κ3) is 4.67. The Labute approximate surface area is 177 Å². The molecule has 0 atom stereocenters. The van der Waals surface area contributed by atoms with Crippen molar-refractivity contribution in [3.05, 3.63) is 111 Å². The molecule has 2 aromatic heterocycles. The van der Waals surface area contributed by atoms with Crippen LogP contribution < -0.4 is 16.6 Å². The topological polar surface area (TPSA) is 104 Å². The van der Waals surface area contributed by atoms with Crippen LogP contribution in [0.15, 0.2) is 88.8 Å². The van der Waals surface area contributed by atoms with Crippen LogP contribution in [0, 0.1) is 0 Å². The molecule has 0 unspecified atom stereocenters. The summed E-state index contributed by atoms with van der Waals surface area (Å²) in [6.07, 6.45) is 3.00. The molecule has 31 heavy (non-hydrogen) atoms. The van der Waals surface area contributed by atoms with E-state index in [1.165, 1.54) is 16.8 Å². The van der Waals surface area contributed by atoms with Gasteiger partial charge in [0, 0.05) is 18.0 Å². The third-order valence-corrected chi connectivity index (χ3v) is 4.73. The Morgan fingerprint density at radius 1 is 0.935 bits per heavy atom. The summed E-state index contributed by atoms with van der Waals surface area (Å²) >= 11 is 0. The predicted molar refractivity (Wildman–Crippen MR) is 114 cm³/mol. The first-order valence-corrected chi connectivity index (χ1v) is 9.67. The van der Waals surface area contributed by atoms with Gasteiger partial charge in [0.15, 0.2) is 5.82 Å². The van der Waals surface area contributed by atoms with Gasteiger partial charge < -0.3 is 5.32 Å². The molecule has 0 radical (unpaired) electrons. The first-order chi connectivity index (χ1) is 15.1. The normalized spacial score (nSPS) is 10.7. The number of carbonyl (C=O) groups excluding carboxylic acids is 1. The fraction of sp³-hybridized carbons (Fsp3) is 0.136. The highest BCUT2D eigenvalue weighted by molar-refractivity contribution is 5.75. The fourth-order valence-electron chi connectivity index (χ4n) is 3.16. The number of rotatable bonds is 7. The molecule has 2 heterocycles. The largest absolute Gasteiger partial charge is 0.347 e. The SMILES string of the molecule is O=C(Cn1c(=O)ccn(Cc2ccccc2)c1=O)NCc1nncn1-c1ccccc1. The highest BCUT2D eigenvalue weighted by Crippen LogP contribution is 2.08. The van der Waals surface area contributed by atoms with Crippen LogP contribution in [0.1, 0.15) is 11.4 Å². The van der Waals surface area contributed by atoms with E-state index in [1.54, 1.807) is 10.9 Å². The van der Waals surface area contributed by atoms with Crippen molar-refractivity contribution in [1.82, 2.24) is 29.2 Å². The number of amides is 1. The quantitative estimate of drug-likeness (QED) is 0.483. The summed E-state index contributed by atoms with van der Waals surface area (Å²) in [7, 11) is 0. The van der Waals surface area contributed by atoms with Crippen LogP contribution in [-0.2, 0) is 24.4 Å². The summed E-state index contributed by atoms with van der Waals surface area (Å²) in [5.41, 5.74) is 0.704. The maximum Gasteiger partial charge on any atom is 0.331 e. The molecule has 156 valence electrons. The maximum absolute atomic E-state index is 12.7. The molecule has 0 fully saturated rings. The average Bonchev–Trinajstić information content (AvgIpc) is 3.27. The number of benzene rings is 2. The monoisotopic (exact) mass is 416 g/mol. The van der Waals surface area contributed by atoms with Gasteiger partial charge in [0.05, 0.1) is 13.1 Å². The Bertz CT molecular complexity index is 1290. The molecule has 4 aromatic rings. The minimum absolute atomic E-state index is 0.105. The van der Waals surface area contributed by atoms with Crippen LogP contribution in [0.2, 0.25) is 0 Å². The van der Waals surface area contributed by atoms with E-state index >= 15 is 0 Å². The summed E-state index contributed by atoms with van der Waals surface area (Å²) in [5.74, 6) is 0.0562. The lowest BCUT2D eigenvalue weighted by Gasteiger charge is -2.11. The zero-order valence-corrected chi connectivity index (χ0v) is 16.6. The van der Waals surface area contributed by atoms with Gasteiger partial charge in [0.2, 0.25) is 5.91 Å². The molecule has 2 aromatic carbocycles. The summed E-state index contributed by atoms with van der Waals surface area (Å²) in [4.78, 5) is 37.4. The Hall–Kier alpha value is -4.27. The lowest BCUT2D eigenvalue weighted by atomic mass is 10.2. The van der Waals surface area contributed by atoms with Crippen molar-refractivity contribution in [3.8, 4) is 5.69 Å². The third-order valence-electron chi connectivity index (χ3n) is 4.73. The van der Waals surface area contributed by atoms with Gasteiger partial charge in [-0.15, -0.1) is 10.2 Å². The van der Waals surface area contributed by atoms with E-state index in [4.69, 9.17) is 0 Å². The Morgan fingerprint density at radius 3 is 2.39 bits per heavy atom. The van der Waals surface area contributed by atoms with Gasteiger partial charge in [-0.3, -0.25) is 23.3 Å². The molecule has 0 saturated heterocycles. The van der Waals surface area contributed by atoms with Crippen LogP contribution >= 0.6 is 0 Å². The molecule has 1 amide bonds. The summed E-state index contributed by atoms with van der Waals surface area (Å²) in [6, 6.07) is 20.2. The Balaban J connectivity index is 1.46. The van der Waals surface area contributed by atoms with Gasteiger partial charge in [0.25, 0.3) is 5.56 Å². The fourth-order valence-corrected chi connectivity index (χ4v) is 3.16. The maximum atomic E-state index is 12.7. The minimum Gasteiger partial charge on any atom is -0.347 e. The molecule has 0 aliphatic rings. The standard InChI is InChI=1S/C22H20N6O3/c29-20(23-13-19-25-24-16-28(19)18-9-5-2-6-10-18)15-27-21(30)11-12-26(22(27)31)14-17-7-3-1-4-8-17/h1-12,16H,13-15H2,(H,23,29). The lowest BCUT2D eigenvalue weighted by molar-refractivity contribution is -0.122. The highest BCUT2D eigenvalue weighted by Gasteiger charge is 2.12. The summed E-state index contributed by atoms with van der Waals surface area (Å²) in [6.45, 7) is 0.0298. The summed E-state index contributed by atoms with van der Waals surface area (Å²) in [5, 5.41) is 10.6. The van der Waals surface area contributed by atoms with Crippen LogP contribution in [-0.4, -0.2) is 29.8 Å². The molecule has 4 rings (SSSR count). The molecule has 0 aliphatic heterocycles. The first kappa shape index (κ1) is 20.0. The first-order valence-electron chi connectivity index (χ1n) is 9.67. The molecule has 1 N–H and O–H groups in total. The van der Waals surface area contributed by atoms with Crippen LogP contribution in [0.25, 0.3) is 5.69 Å². The Kier molecular flexibility index (Phi) is 5.84. The van der Waals surface area contributed by atoms with Crippen LogP contribution in [0.5, 0.6) is 0 Å². The predicted octanol–water partition coefficient (Wildman–Crippen LogP) is 0.955. The molecular formula is C22H20N6O3. The second-order valence-corrected chi connectivity index (χ2v) is 6.87. The molecule has 0 bridgehead atoms. The van der Waals surface area contributed by atoms with Gasteiger partial charge in [-0.25, -0.2) is 4.79 Å². The van der Waals surface area contributed by atoms with Crippen molar-refractivity contribution in [2.75, 3.05) is 0 Å². The van der Waals surface area contributed by atoms with Crippen LogP contribution in [0.3, 0.4) is 0 Å². The van der Waals surface area contributed by atoms with E-state index in [2.05, 4.69) is 15.5 Å². The van der Waals surface area contributed by atoms with E-state index in [1.807, 2.05) is 60.7 Å². The van der Waals surface area contributed by atoms with E-state index in [9.17, 15) is 14.4 Å². The number of para-hydroxylation sites is 1. The molecule has 0 spiro atoms. The van der Waals surface area contributed by atoms with Gasteiger partial charge in [-0.05, 0) is 17.7 Å². The van der Waals surface area contributed by atoms with Crippen molar-refractivity contribution in [2.24, 2.45) is 0 Å². The second-order valence-electron chi connectivity index (χ2n) is 6.87. The van der Waals surface area contributed by atoms with Crippen molar-refractivity contribution >= 4 is 5.91 Å².